The molecule has 1 atom stereocenters. The van der Waals surface area contributed by atoms with E-state index in [1.165, 1.54) is 32.1 Å². The molecule has 0 rings (SSSR count). The van der Waals surface area contributed by atoms with Gasteiger partial charge < -0.3 is 0 Å². The number of nitrogens with zero attached hydrogens (tertiary/aromatic N) is 1. The number of carbonyl (C=O) groups excluding carboxylic acids is 1. The predicted molar refractivity (Wildman–Crippen MR) is 89.9 cm³/mol. The standard InChI is InChI=1S/C18H28NO3/c1-2-3-4-5-6-7-8-9-10-12-15-18(19(21)22)16-13-11-14-17-20/h12,15,18H,2-8,11,13-14,16H2,1H3. The number of allylic oxidation sites excluding steroid dienone is 1. The molecule has 22 heavy (non-hydrogen) atoms. The van der Waals surface area contributed by atoms with Gasteiger partial charge in [-0.15, -0.1) is 0 Å². The molecule has 0 aromatic carbocycles. The highest BCUT2D eigenvalue weighted by atomic mass is 16.6. The zero-order valence-corrected chi connectivity index (χ0v) is 13.7. The third kappa shape index (κ3) is 13.4. The Morgan fingerprint density at radius 2 is 1.73 bits per heavy atom. The van der Waals surface area contributed by atoms with Crippen LogP contribution in [-0.4, -0.2) is 17.3 Å². The minimum atomic E-state index is -0.699. The van der Waals surface area contributed by atoms with E-state index in [2.05, 4.69) is 18.8 Å². The number of hydrogen-bond donors (Lipinski definition) is 0. The summed E-state index contributed by atoms with van der Waals surface area (Å²) in [6, 6.07) is -0.699. The number of hydrogen-bond acceptors (Lipinski definition) is 3. The molecule has 0 saturated heterocycles. The van der Waals surface area contributed by atoms with E-state index in [0.29, 0.717) is 25.7 Å². The summed E-state index contributed by atoms with van der Waals surface area (Å²) in [5, 5.41) is 10.9. The summed E-state index contributed by atoms with van der Waals surface area (Å²) >= 11 is 0. The molecule has 0 heterocycles. The zero-order valence-electron chi connectivity index (χ0n) is 13.7. The Balaban J connectivity index is 3.83. The summed E-state index contributed by atoms with van der Waals surface area (Å²) in [7, 11) is 0. The van der Waals surface area contributed by atoms with Crippen LogP contribution in [0.5, 0.6) is 0 Å². The second kappa shape index (κ2) is 15.8. The largest absolute Gasteiger partial charge is 0.291 e. The summed E-state index contributed by atoms with van der Waals surface area (Å²) in [6.45, 7) is 2.21. The van der Waals surface area contributed by atoms with Crippen LogP contribution in [0.3, 0.4) is 0 Å². The molecule has 4 nitrogen and oxygen atoms in total. The molecule has 0 spiro atoms. The molecule has 0 N–H and O–H groups in total. The summed E-state index contributed by atoms with van der Waals surface area (Å²) in [5.41, 5.74) is 0. The molecular weight excluding hydrogens is 278 g/mol. The second-order valence-electron chi connectivity index (χ2n) is 5.44. The van der Waals surface area contributed by atoms with Crippen molar-refractivity contribution in [2.24, 2.45) is 0 Å². The first kappa shape index (κ1) is 20.4. The highest BCUT2D eigenvalue weighted by Gasteiger charge is 2.14. The lowest BCUT2D eigenvalue weighted by Crippen LogP contribution is -2.16. The van der Waals surface area contributed by atoms with Crippen molar-refractivity contribution in [2.75, 3.05) is 0 Å². The number of rotatable bonds is 13. The van der Waals surface area contributed by atoms with Gasteiger partial charge >= 0.3 is 0 Å². The van der Waals surface area contributed by atoms with Crippen molar-refractivity contribution >= 4 is 6.29 Å². The van der Waals surface area contributed by atoms with Crippen LogP contribution in [0.25, 0.3) is 0 Å². The Morgan fingerprint density at radius 1 is 1.05 bits per heavy atom. The van der Waals surface area contributed by atoms with Crippen LogP contribution in [0.2, 0.25) is 0 Å². The van der Waals surface area contributed by atoms with Gasteiger partial charge in [-0.1, -0.05) is 50.9 Å². The van der Waals surface area contributed by atoms with Crippen molar-refractivity contribution in [1.82, 2.24) is 0 Å². The molecule has 123 valence electrons. The van der Waals surface area contributed by atoms with E-state index in [0.717, 1.165) is 12.8 Å². The first-order chi connectivity index (χ1) is 10.7. The topological polar surface area (TPSA) is 60.2 Å². The van der Waals surface area contributed by atoms with E-state index in [1.807, 2.05) is 0 Å². The Bertz CT molecular complexity index is 380. The molecule has 0 aromatic heterocycles. The lowest BCUT2D eigenvalue weighted by Gasteiger charge is -2.02. The van der Waals surface area contributed by atoms with E-state index in [9.17, 15) is 14.9 Å². The molecule has 0 aliphatic heterocycles. The van der Waals surface area contributed by atoms with Crippen LogP contribution in [0, 0.1) is 22.0 Å². The van der Waals surface area contributed by atoms with Crippen LogP contribution in [0.1, 0.15) is 77.6 Å². The van der Waals surface area contributed by atoms with E-state index >= 15 is 0 Å². The fourth-order valence-corrected chi connectivity index (χ4v) is 2.11. The van der Waals surface area contributed by atoms with Crippen LogP contribution >= 0.6 is 0 Å². The Hall–Kier alpha value is -1.63. The van der Waals surface area contributed by atoms with Gasteiger partial charge in [0.05, 0.1) is 0 Å². The van der Waals surface area contributed by atoms with E-state index in [1.54, 1.807) is 18.4 Å². The first-order valence-electron chi connectivity index (χ1n) is 8.36. The highest BCUT2D eigenvalue weighted by molar-refractivity contribution is 5.50. The average molecular weight is 306 g/mol. The minimum Gasteiger partial charge on any atom is -0.291 e. The van der Waals surface area contributed by atoms with Gasteiger partial charge in [-0.3, -0.25) is 14.9 Å². The molecule has 0 bridgehead atoms. The maximum Gasteiger partial charge on any atom is 0.232 e. The smallest absolute Gasteiger partial charge is 0.232 e. The second-order valence-corrected chi connectivity index (χ2v) is 5.44. The highest BCUT2D eigenvalue weighted by Crippen LogP contribution is 2.07. The molecule has 0 aromatic rings. The SMILES string of the molecule is CCCCCCCCC#CC=CC(CCCC[C]=O)[N+](=O)[O-]. The predicted octanol–water partition coefficient (Wildman–Crippen LogP) is 4.61. The maximum atomic E-state index is 10.9. The number of unbranched alkanes of at least 4 members (excludes halogenated alkanes) is 8. The van der Waals surface area contributed by atoms with Gasteiger partial charge in [-0.25, -0.2) is 0 Å². The molecule has 0 aliphatic rings. The van der Waals surface area contributed by atoms with Gasteiger partial charge in [0, 0.05) is 24.2 Å². The van der Waals surface area contributed by atoms with E-state index < -0.39 is 6.04 Å². The monoisotopic (exact) mass is 306 g/mol. The van der Waals surface area contributed by atoms with Crippen molar-refractivity contribution in [3.05, 3.63) is 22.3 Å². The van der Waals surface area contributed by atoms with Crippen molar-refractivity contribution in [2.45, 2.75) is 83.6 Å². The minimum absolute atomic E-state index is 0.295. The molecular formula is C18H28NO3. The Labute approximate surface area is 134 Å². The van der Waals surface area contributed by atoms with Crippen molar-refractivity contribution in [3.63, 3.8) is 0 Å². The molecule has 4 heteroatoms. The quantitative estimate of drug-likeness (QED) is 0.216. The van der Waals surface area contributed by atoms with Crippen LogP contribution < -0.4 is 0 Å². The Kier molecular flexibility index (Phi) is 14.6. The first-order valence-corrected chi connectivity index (χ1v) is 8.36. The van der Waals surface area contributed by atoms with Crippen molar-refractivity contribution < 1.29 is 9.72 Å². The number of nitro groups is 1. The summed E-state index contributed by atoms with van der Waals surface area (Å²) in [4.78, 5) is 20.7. The van der Waals surface area contributed by atoms with Gasteiger partial charge in [-0.2, -0.15) is 0 Å². The van der Waals surface area contributed by atoms with Gasteiger partial charge in [0.15, 0.2) is 6.29 Å². The molecule has 0 amide bonds. The Morgan fingerprint density at radius 3 is 2.41 bits per heavy atom. The summed E-state index contributed by atoms with van der Waals surface area (Å²) < 4.78 is 0. The lowest BCUT2D eigenvalue weighted by molar-refractivity contribution is -0.510. The normalized spacial score (nSPS) is 11.9. The summed E-state index contributed by atoms with van der Waals surface area (Å²) in [6.07, 6.45) is 15.4. The third-order valence-corrected chi connectivity index (χ3v) is 3.46. The molecule has 0 fully saturated rings. The van der Waals surface area contributed by atoms with Gasteiger partial charge in [0.1, 0.15) is 0 Å². The van der Waals surface area contributed by atoms with Crippen LogP contribution in [0.4, 0.5) is 0 Å². The molecule has 1 radical (unpaired) electrons. The maximum absolute atomic E-state index is 10.9. The fraction of sp³-hybridized carbons (Fsp3) is 0.722. The van der Waals surface area contributed by atoms with Gasteiger partial charge in [0.25, 0.3) is 0 Å². The molecule has 0 saturated carbocycles. The van der Waals surface area contributed by atoms with Crippen LogP contribution in [0.15, 0.2) is 12.2 Å². The molecule has 0 aliphatic carbocycles. The van der Waals surface area contributed by atoms with E-state index in [4.69, 9.17) is 0 Å². The molecule has 1 unspecified atom stereocenters. The third-order valence-electron chi connectivity index (χ3n) is 3.46. The lowest BCUT2D eigenvalue weighted by atomic mass is 10.1. The zero-order chi connectivity index (χ0) is 16.5. The van der Waals surface area contributed by atoms with E-state index in [-0.39, 0.29) is 4.92 Å². The van der Waals surface area contributed by atoms with Gasteiger partial charge in [-0.05, 0) is 31.4 Å². The van der Waals surface area contributed by atoms with Gasteiger partial charge in [0.2, 0.25) is 6.04 Å². The summed E-state index contributed by atoms with van der Waals surface area (Å²) in [5.74, 6) is 5.91. The van der Waals surface area contributed by atoms with Crippen LogP contribution in [-0.2, 0) is 4.79 Å². The average Bonchev–Trinajstić information content (AvgIpc) is 2.50. The van der Waals surface area contributed by atoms with Crippen molar-refractivity contribution in [3.8, 4) is 11.8 Å². The fourth-order valence-electron chi connectivity index (χ4n) is 2.11. The van der Waals surface area contributed by atoms with Crippen molar-refractivity contribution in [1.29, 1.82) is 0 Å².